The summed E-state index contributed by atoms with van der Waals surface area (Å²) in [6.45, 7) is 4.58. The fraction of sp³-hybridized carbons (Fsp3) is 0.273. The molecule has 9 heteroatoms. The Morgan fingerprint density at radius 2 is 2.00 bits per heavy atom. The maximum absolute atomic E-state index is 13.0. The summed E-state index contributed by atoms with van der Waals surface area (Å²) in [6.07, 6.45) is 1.83. The summed E-state index contributed by atoms with van der Waals surface area (Å²) < 4.78 is 3.51. The van der Waals surface area contributed by atoms with Crippen molar-refractivity contribution < 1.29 is 4.79 Å². The van der Waals surface area contributed by atoms with Crippen LogP contribution in [0.1, 0.15) is 25.3 Å². The van der Waals surface area contributed by atoms with Gasteiger partial charge in [0, 0.05) is 6.54 Å². The highest BCUT2D eigenvalue weighted by atomic mass is 35.5. The van der Waals surface area contributed by atoms with Crippen molar-refractivity contribution in [1.29, 1.82) is 0 Å². The van der Waals surface area contributed by atoms with E-state index in [9.17, 15) is 9.59 Å². The topological polar surface area (TPSA) is 81.3 Å². The number of fused-ring (bicyclic) bond motifs is 3. The molecule has 31 heavy (non-hydrogen) atoms. The molecule has 2 aromatic carbocycles. The Labute approximate surface area is 188 Å². The minimum atomic E-state index is -0.198. The van der Waals surface area contributed by atoms with Gasteiger partial charge in [-0.05, 0) is 43.2 Å². The number of nitrogens with zero attached hydrogens (tertiary/aromatic N) is 4. The number of nitrogens with one attached hydrogen (secondary N) is 1. The van der Waals surface area contributed by atoms with Crippen LogP contribution < -0.4 is 10.9 Å². The van der Waals surface area contributed by atoms with Gasteiger partial charge in [0.15, 0.2) is 5.16 Å². The van der Waals surface area contributed by atoms with E-state index in [1.807, 2.05) is 35.6 Å². The van der Waals surface area contributed by atoms with Crippen molar-refractivity contribution in [3.05, 3.63) is 63.4 Å². The van der Waals surface area contributed by atoms with E-state index >= 15 is 0 Å². The SMILES string of the molecule is CCCCn1c(=O)c2ccccc2n2c(SCC(=O)Nc3ccc(C)cc3Cl)nnc12. The zero-order valence-corrected chi connectivity index (χ0v) is 18.8. The van der Waals surface area contributed by atoms with Crippen LogP contribution in [0, 0.1) is 6.92 Å². The Bertz CT molecular complexity index is 1330. The average Bonchev–Trinajstić information content (AvgIpc) is 3.18. The van der Waals surface area contributed by atoms with Gasteiger partial charge in [0.25, 0.3) is 5.56 Å². The standard InChI is InChI=1S/C22H22ClN5O2S/c1-3-4-11-27-20(30)15-7-5-6-8-18(15)28-21(27)25-26-22(28)31-13-19(29)24-17-10-9-14(2)12-16(17)23/h5-10,12H,3-4,11,13H2,1-2H3,(H,24,29). The van der Waals surface area contributed by atoms with Crippen molar-refractivity contribution in [3.63, 3.8) is 0 Å². The molecule has 2 aromatic heterocycles. The number of amides is 1. The maximum atomic E-state index is 13.0. The molecule has 0 radical (unpaired) electrons. The van der Waals surface area contributed by atoms with Crippen LogP contribution in [0.5, 0.6) is 0 Å². The van der Waals surface area contributed by atoms with E-state index in [2.05, 4.69) is 22.4 Å². The molecule has 1 N–H and O–H groups in total. The molecule has 0 aliphatic carbocycles. The Morgan fingerprint density at radius 3 is 2.77 bits per heavy atom. The minimum absolute atomic E-state index is 0.0766. The van der Waals surface area contributed by atoms with Gasteiger partial charge >= 0.3 is 0 Å². The van der Waals surface area contributed by atoms with Crippen LogP contribution in [0.2, 0.25) is 5.02 Å². The van der Waals surface area contributed by atoms with Crippen molar-refractivity contribution in [2.75, 3.05) is 11.1 Å². The molecule has 0 aliphatic rings. The summed E-state index contributed by atoms with van der Waals surface area (Å²) in [6, 6.07) is 12.9. The molecular formula is C22H22ClN5O2S. The first-order valence-corrected chi connectivity index (χ1v) is 11.4. The fourth-order valence-corrected chi connectivity index (χ4v) is 4.41. The van der Waals surface area contributed by atoms with Gasteiger partial charge in [-0.2, -0.15) is 0 Å². The number of benzene rings is 2. The van der Waals surface area contributed by atoms with Gasteiger partial charge in [-0.25, -0.2) is 0 Å². The molecule has 0 spiro atoms. The van der Waals surface area contributed by atoms with Crippen molar-refractivity contribution in [2.24, 2.45) is 0 Å². The number of carbonyl (C=O) groups excluding carboxylic acids is 1. The molecule has 4 rings (SSSR count). The summed E-state index contributed by atoms with van der Waals surface area (Å²) >= 11 is 7.48. The average molecular weight is 456 g/mol. The van der Waals surface area contributed by atoms with Crippen LogP contribution >= 0.6 is 23.4 Å². The molecule has 1 amide bonds. The van der Waals surface area contributed by atoms with Gasteiger partial charge in [-0.3, -0.25) is 18.6 Å². The van der Waals surface area contributed by atoms with Gasteiger partial charge in [0.1, 0.15) is 0 Å². The first kappa shape index (κ1) is 21.4. The van der Waals surface area contributed by atoms with E-state index in [1.54, 1.807) is 22.8 Å². The monoisotopic (exact) mass is 455 g/mol. The minimum Gasteiger partial charge on any atom is -0.324 e. The van der Waals surface area contributed by atoms with Gasteiger partial charge in [-0.1, -0.05) is 54.9 Å². The molecule has 4 aromatic rings. The number of unbranched alkanes of at least 4 members (excludes halogenated alkanes) is 1. The smallest absolute Gasteiger partial charge is 0.262 e. The number of halogens is 1. The summed E-state index contributed by atoms with van der Waals surface area (Å²) in [4.78, 5) is 25.5. The number of para-hydroxylation sites is 1. The first-order valence-electron chi connectivity index (χ1n) is 10.0. The lowest BCUT2D eigenvalue weighted by molar-refractivity contribution is -0.113. The second kappa shape index (κ2) is 9.11. The van der Waals surface area contributed by atoms with Crippen LogP contribution in [-0.2, 0) is 11.3 Å². The molecule has 0 unspecified atom stereocenters. The molecular weight excluding hydrogens is 434 g/mol. The van der Waals surface area contributed by atoms with Gasteiger partial charge in [-0.15, -0.1) is 10.2 Å². The second-order valence-corrected chi connectivity index (χ2v) is 8.62. The van der Waals surface area contributed by atoms with E-state index in [1.165, 1.54) is 11.8 Å². The molecule has 7 nitrogen and oxygen atoms in total. The number of hydrogen-bond acceptors (Lipinski definition) is 5. The van der Waals surface area contributed by atoms with E-state index in [4.69, 9.17) is 11.6 Å². The molecule has 0 saturated heterocycles. The van der Waals surface area contributed by atoms with Crippen molar-refractivity contribution in [1.82, 2.24) is 19.2 Å². The molecule has 0 aliphatic heterocycles. The second-order valence-electron chi connectivity index (χ2n) is 7.27. The number of aryl methyl sites for hydroxylation is 2. The third-order valence-corrected chi connectivity index (χ3v) is 6.19. The highest BCUT2D eigenvalue weighted by Crippen LogP contribution is 2.25. The van der Waals surface area contributed by atoms with Gasteiger partial charge in [0.2, 0.25) is 11.7 Å². The normalized spacial score (nSPS) is 11.3. The predicted molar refractivity (Wildman–Crippen MR) is 125 cm³/mol. The Kier molecular flexibility index (Phi) is 6.29. The van der Waals surface area contributed by atoms with Crippen molar-refractivity contribution in [2.45, 2.75) is 38.4 Å². The predicted octanol–water partition coefficient (Wildman–Crippen LogP) is 4.54. The molecule has 0 bridgehead atoms. The van der Waals surface area contributed by atoms with Gasteiger partial charge in [0.05, 0.1) is 27.4 Å². The fourth-order valence-electron chi connectivity index (χ4n) is 3.38. The van der Waals surface area contributed by atoms with E-state index in [0.29, 0.717) is 33.6 Å². The maximum Gasteiger partial charge on any atom is 0.262 e. The lowest BCUT2D eigenvalue weighted by Gasteiger charge is -2.11. The number of carbonyl (C=O) groups is 1. The zero-order valence-electron chi connectivity index (χ0n) is 17.3. The van der Waals surface area contributed by atoms with Crippen molar-refractivity contribution in [3.8, 4) is 0 Å². The van der Waals surface area contributed by atoms with E-state index < -0.39 is 0 Å². The van der Waals surface area contributed by atoms with Crippen LogP contribution in [-0.4, -0.2) is 30.8 Å². The third-order valence-electron chi connectivity index (χ3n) is 4.94. The van der Waals surface area contributed by atoms with E-state index in [-0.39, 0.29) is 17.2 Å². The summed E-state index contributed by atoms with van der Waals surface area (Å²) in [7, 11) is 0. The van der Waals surface area contributed by atoms with Crippen LogP contribution in [0.4, 0.5) is 5.69 Å². The quantitative estimate of drug-likeness (QED) is 0.414. The number of aromatic nitrogens is 4. The lowest BCUT2D eigenvalue weighted by Crippen LogP contribution is -2.23. The lowest BCUT2D eigenvalue weighted by atomic mass is 10.2. The highest BCUT2D eigenvalue weighted by molar-refractivity contribution is 7.99. The van der Waals surface area contributed by atoms with Gasteiger partial charge < -0.3 is 5.32 Å². The first-order chi connectivity index (χ1) is 15.0. The Hall–Kier alpha value is -2.84. The number of thioether (sulfide) groups is 1. The van der Waals surface area contributed by atoms with Crippen LogP contribution in [0.15, 0.2) is 52.4 Å². The van der Waals surface area contributed by atoms with E-state index in [0.717, 1.165) is 23.9 Å². The third kappa shape index (κ3) is 4.31. The molecule has 0 fully saturated rings. The summed E-state index contributed by atoms with van der Waals surface area (Å²) in [5.41, 5.74) is 2.24. The summed E-state index contributed by atoms with van der Waals surface area (Å²) in [5.74, 6) is 0.422. The molecule has 2 heterocycles. The van der Waals surface area contributed by atoms with Crippen LogP contribution in [0.25, 0.3) is 16.7 Å². The Balaban J connectivity index is 1.64. The van der Waals surface area contributed by atoms with Crippen LogP contribution in [0.3, 0.4) is 0 Å². The molecule has 0 atom stereocenters. The highest BCUT2D eigenvalue weighted by Gasteiger charge is 2.17. The van der Waals surface area contributed by atoms with Crippen molar-refractivity contribution >= 4 is 51.6 Å². The molecule has 160 valence electrons. The Morgan fingerprint density at radius 1 is 1.19 bits per heavy atom. The molecule has 0 saturated carbocycles. The number of rotatable bonds is 7. The number of hydrogen-bond donors (Lipinski definition) is 1. The number of anilines is 1. The largest absolute Gasteiger partial charge is 0.324 e. The summed E-state index contributed by atoms with van der Waals surface area (Å²) in [5, 5.41) is 13.0. The zero-order chi connectivity index (χ0) is 22.0.